The summed E-state index contributed by atoms with van der Waals surface area (Å²) in [6, 6.07) is 0. The Morgan fingerprint density at radius 3 is 1.15 bits per heavy atom. The molecule has 1 aromatic rings. The van der Waals surface area contributed by atoms with Crippen molar-refractivity contribution in [3.8, 4) is 0 Å². The summed E-state index contributed by atoms with van der Waals surface area (Å²) in [6.45, 7) is 18.7. The van der Waals surface area contributed by atoms with E-state index in [1.165, 1.54) is 12.7 Å². The Morgan fingerprint density at radius 1 is 0.606 bits per heavy atom. The average molecular weight is 505 g/mol. The summed E-state index contributed by atoms with van der Waals surface area (Å²) in [5, 5.41) is 0. The second-order valence-corrected chi connectivity index (χ2v) is 12.5. The monoisotopic (exact) mass is 504 g/mol. The minimum atomic E-state index is -3.22. The minimum Gasteiger partial charge on any atom is -0.373 e. The maximum absolute atomic E-state index is 6.33. The molecule has 0 N–H and O–H groups in total. The number of hydrogen-bond acceptors (Lipinski definition) is 10. The number of anilines is 1. The lowest BCUT2D eigenvalue weighted by atomic mass is 10.3. The van der Waals surface area contributed by atoms with Gasteiger partial charge in [-0.2, -0.15) is 0 Å². The maximum atomic E-state index is 6.33. The van der Waals surface area contributed by atoms with E-state index in [-0.39, 0.29) is 11.3 Å². The molecule has 1 aromatic heterocycles. The van der Waals surface area contributed by atoms with Crippen LogP contribution in [-0.4, -0.2) is 83.5 Å². The molecule has 0 aliphatic carbocycles. The zero-order chi connectivity index (χ0) is 24.7. The highest BCUT2D eigenvalue weighted by Crippen LogP contribution is 2.33. The highest BCUT2D eigenvalue weighted by Gasteiger charge is 2.59. The van der Waals surface area contributed by atoms with Gasteiger partial charge in [0.25, 0.3) is 0 Å². The van der Waals surface area contributed by atoms with Crippen LogP contribution in [0, 0.1) is 0 Å². The topological polar surface area (TPSA) is 97.3 Å². The molecule has 2 unspecified atom stereocenters. The molecule has 0 saturated carbocycles. The van der Waals surface area contributed by atoms with Crippen molar-refractivity contribution in [2.24, 2.45) is 0 Å². The molecule has 0 aromatic carbocycles. The van der Waals surface area contributed by atoms with E-state index in [0.717, 1.165) is 0 Å². The Bertz CT molecular complexity index is 566. The summed E-state index contributed by atoms with van der Waals surface area (Å²) in [6.07, 6.45) is 4.35. The zero-order valence-electron chi connectivity index (χ0n) is 21.7. The maximum Gasteiger partial charge on any atom is 0.524 e. The lowest BCUT2D eigenvalue weighted by Crippen LogP contribution is -2.71. The molecule has 2 atom stereocenters. The van der Waals surface area contributed by atoms with Gasteiger partial charge < -0.3 is 31.5 Å². The van der Waals surface area contributed by atoms with Gasteiger partial charge in [0.2, 0.25) is 5.95 Å². The van der Waals surface area contributed by atoms with E-state index >= 15 is 0 Å². The molecule has 0 saturated heterocycles. The predicted molar refractivity (Wildman–Crippen MR) is 132 cm³/mol. The molecule has 0 aliphatic heterocycles. The van der Waals surface area contributed by atoms with Crippen molar-refractivity contribution < 1.29 is 26.6 Å². The van der Waals surface area contributed by atoms with Crippen LogP contribution in [0.15, 0.2) is 12.7 Å². The molecule has 0 fully saturated rings. The van der Waals surface area contributed by atoms with E-state index < -0.39 is 17.6 Å². The van der Waals surface area contributed by atoms with Crippen LogP contribution in [-0.2, 0) is 26.6 Å². The fourth-order valence-electron chi connectivity index (χ4n) is 4.13. The van der Waals surface area contributed by atoms with E-state index in [2.05, 4.69) is 33.7 Å². The molecule has 0 bridgehead atoms. The van der Waals surface area contributed by atoms with Gasteiger partial charge in [-0.15, -0.1) is 0 Å². The Morgan fingerprint density at radius 2 is 0.909 bits per heavy atom. The Hall–Kier alpha value is -0.996. The molecule has 0 radical (unpaired) electrons. The number of aromatic nitrogens is 3. The first-order chi connectivity index (χ1) is 16.0. The van der Waals surface area contributed by atoms with Crippen LogP contribution in [0.5, 0.6) is 0 Å². The molecule has 0 amide bonds. The van der Waals surface area contributed by atoms with Crippen LogP contribution in [0.2, 0.25) is 0 Å². The van der Waals surface area contributed by atoms with Gasteiger partial charge in [0, 0.05) is 39.6 Å². The molecule has 192 valence electrons. The van der Waals surface area contributed by atoms with Crippen LogP contribution in [0.1, 0.15) is 68.2 Å². The largest absolute Gasteiger partial charge is 0.524 e. The first-order valence-electron chi connectivity index (χ1n) is 12.2. The number of rotatable bonds is 19. The first-order valence-corrected chi connectivity index (χ1v) is 15.8. The van der Waals surface area contributed by atoms with Crippen molar-refractivity contribution in [1.82, 2.24) is 15.0 Å². The summed E-state index contributed by atoms with van der Waals surface area (Å²) in [5.41, 5.74) is -0.559. The van der Waals surface area contributed by atoms with Crippen LogP contribution in [0.3, 0.4) is 0 Å². The van der Waals surface area contributed by atoms with Gasteiger partial charge >= 0.3 is 17.6 Å². The van der Waals surface area contributed by atoms with Crippen molar-refractivity contribution in [3.63, 3.8) is 0 Å². The molecule has 33 heavy (non-hydrogen) atoms. The quantitative estimate of drug-likeness (QED) is 0.261. The van der Waals surface area contributed by atoms with E-state index in [1.54, 1.807) is 0 Å². The van der Waals surface area contributed by atoms with Crippen molar-refractivity contribution in [2.45, 2.75) is 79.6 Å². The Balaban J connectivity index is 3.81. The van der Waals surface area contributed by atoms with Crippen molar-refractivity contribution in [1.29, 1.82) is 0 Å². The van der Waals surface area contributed by atoms with Gasteiger partial charge in [0.15, 0.2) is 0 Å². The van der Waals surface area contributed by atoms with Crippen LogP contribution in [0.4, 0.5) is 5.95 Å². The van der Waals surface area contributed by atoms with Gasteiger partial charge in [-0.3, -0.25) is 0 Å². The normalized spacial score (nSPS) is 14.3. The smallest absolute Gasteiger partial charge is 0.373 e. The molecule has 1 rings (SSSR count). The highest BCUT2D eigenvalue weighted by atomic mass is 28.4. The fraction of sp³-hybridized carbons (Fsp3) is 0.857. The summed E-state index contributed by atoms with van der Waals surface area (Å²) in [5.74, 6) is 0.496. The summed E-state index contributed by atoms with van der Waals surface area (Å²) >= 11 is 0. The first kappa shape index (κ1) is 30.0. The lowest BCUT2D eigenvalue weighted by molar-refractivity contribution is 0.0501. The van der Waals surface area contributed by atoms with Crippen LogP contribution < -0.4 is 4.90 Å². The van der Waals surface area contributed by atoms with Gasteiger partial charge in [-0.05, 0) is 54.4 Å². The van der Waals surface area contributed by atoms with Gasteiger partial charge in [-0.25, -0.2) is 15.0 Å². The average Bonchev–Trinajstić information content (AvgIpc) is 2.80. The van der Waals surface area contributed by atoms with Crippen LogP contribution in [0.25, 0.3) is 0 Å². The Labute approximate surface area is 202 Å². The highest BCUT2D eigenvalue weighted by molar-refractivity contribution is 6.65. The van der Waals surface area contributed by atoms with Crippen molar-refractivity contribution in [2.75, 3.05) is 44.5 Å². The van der Waals surface area contributed by atoms with Crippen LogP contribution >= 0.6 is 0 Å². The SMILES string of the molecule is CCO[Si](OCC)(OCC)C(CC)N(c1ncncn1)C(CC)[Si](OCC)(OCC)OCC. The Kier molecular flexibility index (Phi) is 14.4. The standard InChI is InChI=1S/C21H44N4O6Si2/c1-9-19(32(26-11-3,27-12-4)28-13-5)25(21-23-17-22-18-24-21)20(10-2)33(29-14-6,30-15-7)31-16-8/h17-20H,9-16H2,1-8H3. The lowest BCUT2D eigenvalue weighted by Gasteiger charge is -2.47. The molecule has 12 heteroatoms. The molecular weight excluding hydrogens is 460 g/mol. The zero-order valence-corrected chi connectivity index (χ0v) is 23.7. The molecule has 0 spiro atoms. The van der Waals surface area contributed by atoms with Gasteiger partial charge in [-0.1, -0.05) is 13.8 Å². The fourth-order valence-corrected chi connectivity index (χ4v) is 10.6. The summed E-state index contributed by atoms with van der Waals surface area (Å²) < 4.78 is 38.0. The molecule has 10 nitrogen and oxygen atoms in total. The molecular formula is C21H44N4O6Si2. The second kappa shape index (κ2) is 15.8. The van der Waals surface area contributed by atoms with E-state index in [4.69, 9.17) is 26.6 Å². The van der Waals surface area contributed by atoms with Crippen molar-refractivity contribution >= 4 is 23.6 Å². The number of hydrogen-bond donors (Lipinski definition) is 0. The van der Waals surface area contributed by atoms with E-state index in [0.29, 0.717) is 58.4 Å². The van der Waals surface area contributed by atoms with Gasteiger partial charge in [0.1, 0.15) is 24.0 Å². The van der Waals surface area contributed by atoms with Crippen molar-refractivity contribution in [3.05, 3.63) is 12.7 Å². The third-order valence-electron chi connectivity index (χ3n) is 5.05. The third kappa shape index (κ3) is 7.49. The van der Waals surface area contributed by atoms with E-state index in [1.807, 2.05) is 41.5 Å². The molecule has 0 aliphatic rings. The van der Waals surface area contributed by atoms with Gasteiger partial charge in [0.05, 0.1) is 0 Å². The number of nitrogens with zero attached hydrogens (tertiary/aromatic N) is 4. The summed E-state index contributed by atoms with van der Waals surface area (Å²) in [4.78, 5) is 15.2. The predicted octanol–water partition coefficient (Wildman–Crippen LogP) is 3.41. The summed E-state index contributed by atoms with van der Waals surface area (Å²) in [7, 11) is -6.43. The van der Waals surface area contributed by atoms with E-state index in [9.17, 15) is 0 Å². The third-order valence-corrected chi connectivity index (χ3v) is 12.2. The molecule has 1 heterocycles. The second-order valence-electron chi connectivity index (χ2n) is 7.00. The minimum absolute atomic E-state index is 0.280.